The fourth-order valence-corrected chi connectivity index (χ4v) is 13.5. The van der Waals surface area contributed by atoms with Crippen LogP contribution in [0.25, 0.3) is 0 Å². The van der Waals surface area contributed by atoms with E-state index < -0.39 is 21.1 Å². The Morgan fingerprint density at radius 2 is 1.30 bits per heavy atom. The molecular weight excluding hydrogens is 404 g/mol. The van der Waals surface area contributed by atoms with Gasteiger partial charge in [-0.3, -0.25) is 0 Å². The Labute approximate surface area is 149 Å². The maximum absolute atomic E-state index is 6.68. The third-order valence-corrected chi connectivity index (χ3v) is 14.6. The predicted octanol–water partition coefficient (Wildman–Crippen LogP) is 5.94. The Balaban J connectivity index is 1.78. The molecule has 0 aliphatic heterocycles. The van der Waals surface area contributed by atoms with E-state index in [-0.39, 0.29) is 0 Å². The van der Waals surface area contributed by atoms with E-state index in [4.69, 9.17) is 5.63 Å². The van der Waals surface area contributed by atoms with Gasteiger partial charge in [-0.15, -0.1) is 0 Å². The van der Waals surface area contributed by atoms with Gasteiger partial charge >= 0.3 is 150 Å². The zero-order valence-corrected chi connectivity index (χ0v) is 16.6. The molecule has 0 bridgehead atoms. The SMILES string of the molecule is C1=CC[C]([Zr]([O]c2cccs2)([O]c2cccs2)[C]2=CC=CC2)=C1. The van der Waals surface area contributed by atoms with E-state index in [0.29, 0.717) is 0 Å². The first-order valence-electron chi connectivity index (χ1n) is 7.54. The van der Waals surface area contributed by atoms with Crippen LogP contribution in [0.1, 0.15) is 12.8 Å². The predicted molar refractivity (Wildman–Crippen MR) is 93.6 cm³/mol. The van der Waals surface area contributed by atoms with Crippen LogP contribution in [-0.4, -0.2) is 0 Å². The van der Waals surface area contributed by atoms with Crippen molar-refractivity contribution < 1.29 is 26.8 Å². The average molecular weight is 420 g/mol. The Bertz CT molecular complexity index is 715. The van der Waals surface area contributed by atoms with E-state index in [0.717, 1.165) is 23.0 Å². The van der Waals surface area contributed by atoms with E-state index in [9.17, 15) is 0 Å². The third-order valence-electron chi connectivity index (χ3n) is 3.87. The molecule has 5 heteroatoms. The first-order valence-corrected chi connectivity index (χ1v) is 13.8. The molecule has 0 saturated carbocycles. The molecule has 2 nitrogen and oxygen atoms in total. The van der Waals surface area contributed by atoms with Crippen LogP contribution in [0.3, 0.4) is 0 Å². The second-order valence-electron chi connectivity index (χ2n) is 5.33. The monoisotopic (exact) mass is 418 g/mol. The minimum atomic E-state index is -3.67. The standard InChI is InChI=1S/2C5H5.2C4H4OS.Zr/c2*1-2-4-5-3-1;2*5-4-2-1-3-6-4;/h2*1-3H,4H2;2*1-3,5H;/q;;;;+2/p-2. The van der Waals surface area contributed by atoms with E-state index in [2.05, 4.69) is 47.2 Å². The molecule has 23 heavy (non-hydrogen) atoms. The molecule has 0 saturated heterocycles. The van der Waals surface area contributed by atoms with Crippen LogP contribution in [0.15, 0.2) is 78.0 Å². The number of rotatable bonds is 6. The second kappa shape index (κ2) is 6.76. The molecule has 0 radical (unpaired) electrons. The van der Waals surface area contributed by atoms with Crippen molar-refractivity contribution in [3.63, 3.8) is 0 Å². The summed E-state index contributed by atoms with van der Waals surface area (Å²) in [7, 11) is 0. The van der Waals surface area contributed by atoms with Crippen LogP contribution in [0.4, 0.5) is 0 Å². The van der Waals surface area contributed by atoms with Crippen LogP contribution < -0.4 is 5.63 Å². The van der Waals surface area contributed by atoms with Crippen molar-refractivity contribution in [1.29, 1.82) is 0 Å². The molecule has 0 aromatic carbocycles. The molecule has 2 aliphatic carbocycles. The first kappa shape index (κ1) is 15.4. The summed E-state index contributed by atoms with van der Waals surface area (Å²) in [6.07, 6.45) is 14.9. The van der Waals surface area contributed by atoms with E-state index in [1.807, 2.05) is 24.3 Å². The summed E-state index contributed by atoms with van der Waals surface area (Å²) in [5, 5.41) is 6.02. The van der Waals surface area contributed by atoms with Gasteiger partial charge in [0.1, 0.15) is 0 Å². The molecule has 2 aromatic heterocycles. The third kappa shape index (κ3) is 3.10. The molecule has 0 fully saturated rings. The molecule has 2 aromatic rings. The van der Waals surface area contributed by atoms with Gasteiger partial charge in [-0.25, -0.2) is 0 Å². The number of thiophene rings is 2. The van der Waals surface area contributed by atoms with Gasteiger partial charge in [0.25, 0.3) is 0 Å². The molecule has 2 heterocycles. The van der Waals surface area contributed by atoms with Gasteiger partial charge in [0.15, 0.2) is 0 Å². The minimum absolute atomic E-state index is 0.935. The number of hydrogen-bond acceptors (Lipinski definition) is 4. The van der Waals surface area contributed by atoms with Gasteiger partial charge in [0.2, 0.25) is 0 Å². The molecule has 0 N–H and O–H groups in total. The summed E-state index contributed by atoms with van der Waals surface area (Å²) < 4.78 is 16.0. The first-order chi connectivity index (χ1) is 11.4. The molecule has 0 unspecified atom stereocenters. The summed E-state index contributed by atoms with van der Waals surface area (Å²) in [6.45, 7) is 0. The van der Waals surface area contributed by atoms with Gasteiger partial charge in [0.05, 0.1) is 0 Å². The van der Waals surface area contributed by atoms with Gasteiger partial charge < -0.3 is 0 Å². The zero-order chi connectivity index (χ0) is 15.5. The quantitative estimate of drug-likeness (QED) is 0.577. The Morgan fingerprint density at radius 3 is 1.65 bits per heavy atom. The number of allylic oxidation sites excluding steroid dienone is 8. The molecule has 0 spiro atoms. The number of hydrogen-bond donors (Lipinski definition) is 0. The summed E-state index contributed by atoms with van der Waals surface area (Å²) in [5.41, 5.74) is 0. The van der Waals surface area contributed by atoms with Gasteiger partial charge in [-0.1, -0.05) is 0 Å². The zero-order valence-electron chi connectivity index (χ0n) is 12.5. The summed E-state index contributed by atoms with van der Waals surface area (Å²) in [5.74, 6) is 0. The average Bonchev–Trinajstić information content (AvgIpc) is 3.31. The van der Waals surface area contributed by atoms with E-state index in [1.165, 1.54) is 6.56 Å². The fraction of sp³-hybridized carbons (Fsp3) is 0.111. The van der Waals surface area contributed by atoms with Gasteiger partial charge in [-0.2, -0.15) is 0 Å². The van der Waals surface area contributed by atoms with Crippen molar-refractivity contribution in [3.05, 3.63) is 78.0 Å². The van der Waals surface area contributed by atoms with E-state index in [1.54, 1.807) is 22.7 Å². The molecule has 4 rings (SSSR count). The van der Waals surface area contributed by atoms with Gasteiger partial charge in [-0.05, 0) is 0 Å². The van der Waals surface area contributed by atoms with Crippen molar-refractivity contribution in [2.45, 2.75) is 12.8 Å². The Kier molecular flexibility index (Phi) is 4.52. The van der Waals surface area contributed by atoms with Crippen molar-refractivity contribution in [2.24, 2.45) is 0 Å². The summed E-state index contributed by atoms with van der Waals surface area (Å²) in [6, 6.07) is 8.15. The molecule has 0 amide bonds. The Hall–Kier alpha value is -1.16. The van der Waals surface area contributed by atoms with Crippen molar-refractivity contribution in [1.82, 2.24) is 0 Å². The van der Waals surface area contributed by atoms with E-state index >= 15 is 0 Å². The van der Waals surface area contributed by atoms with Crippen molar-refractivity contribution >= 4 is 22.7 Å². The van der Waals surface area contributed by atoms with Crippen LogP contribution in [0.5, 0.6) is 10.1 Å². The van der Waals surface area contributed by atoms with Crippen LogP contribution in [-0.2, 0) is 21.1 Å². The van der Waals surface area contributed by atoms with Gasteiger partial charge in [0, 0.05) is 0 Å². The Morgan fingerprint density at radius 1 is 0.783 bits per heavy atom. The molecule has 0 atom stereocenters. The molecule has 2 aliphatic rings. The summed E-state index contributed by atoms with van der Waals surface area (Å²) >= 11 is -0.390. The fourth-order valence-electron chi connectivity index (χ4n) is 2.80. The van der Waals surface area contributed by atoms with Crippen LogP contribution in [0.2, 0.25) is 0 Å². The normalized spacial score (nSPS) is 16.5. The molecular formula is C18H16O2S2Zr. The van der Waals surface area contributed by atoms with Crippen LogP contribution in [0, 0.1) is 0 Å². The summed E-state index contributed by atoms with van der Waals surface area (Å²) in [4.78, 5) is 0. The maximum atomic E-state index is 6.68. The second-order valence-corrected chi connectivity index (χ2v) is 14.3. The van der Waals surface area contributed by atoms with Crippen LogP contribution >= 0.6 is 22.7 Å². The van der Waals surface area contributed by atoms with Crippen molar-refractivity contribution in [2.75, 3.05) is 0 Å². The topological polar surface area (TPSA) is 18.5 Å². The molecule has 116 valence electrons. The van der Waals surface area contributed by atoms with Crippen molar-refractivity contribution in [3.8, 4) is 10.1 Å².